The Labute approximate surface area is 97.2 Å². The van der Waals surface area contributed by atoms with Gasteiger partial charge in [0.05, 0.1) is 5.51 Å². The van der Waals surface area contributed by atoms with Crippen LogP contribution in [0.25, 0.3) is 11.4 Å². The normalized spacial score (nSPS) is 10.7. The number of hydrogen-bond acceptors (Lipinski definition) is 5. The summed E-state index contributed by atoms with van der Waals surface area (Å²) >= 11 is 3.29. The summed E-state index contributed by atoms with van der Waals surface area (Å²) in [7, 11) is 0. The largest absolute Gasteiger partial charge is 0.310 e. The maximum Gasteiger partial charge on any atom is 0.107 e. The highest BCUT2D eigenvalue weighted by Crippen LogP contribution is 2.21. The van der Waals surface area contributed by atoms with Crippen molar-refractivity contribution in [3.63, 3.8) is 0 Å². The van der Waals surface area contributed by atoms with Gasteiger partial charge in [-0.3, -0.25) is 0 Å². The molecule has 2 aromatic rings. The molecule has 15 heavy (non-hydrogen) atoms. The molecule has 0 atom stereocenters. The third kappa shape index (κ3) is 2.84. The molecule has 5 heteroatoms. The number of aromatic nitrogens is 2. The third-order valence-corrected chi connectivity index (χ3v) is 3.38. The van der Waals surface area contributed by atoms with E-state index in [1.807, 2.05) is 10.9 Å². The number of thiazole rings is 2. The first-order chi connectivity index (χ1) is 7.40. The van der Waals surface area contributed by atoms with Gasteiger partial charge in [-0.1, -0.05) is 6.92 Å². The zero-order valence-electron chi connectivity index (χ0n) is 8.56. The Hall–Kier alpha value is -0.780. The molecular formula is C10H13N3S2. The Morgan fingerprint density at radius 1 is 1.33 bits per heavy atom. The van der Waals surface area contributed by atoms with E-state index in [4.69, 9.17) is 0 Å². The highest BCUT2D eigenvalue weighted by atomic mass is 32.1. The van der Waals surface area contributed by atoms with Crippen molar-refractivity contribution in [3.05, 3.63) is 21.3 Å². The molecule has 0 saturated carbocycles. The smallest absolute Gasteiger partial charge is 0.107 e. The molecule has 0 aliphatic carbocycles. The summed E-state index contributed by atoms with van der Waals surface area (Å²) in [5.41, 5.74) is 3.82. The molecule has 0 aromatic carbocycles. The van der Waals surface area contributed by atoms with Crippen LogP contribution in [-0.2, 0) is 6.54 Å². The van der Waals surface area contributed by atoms with E-state index in [0.717, 1.165) is 35.9 Å². The van der Waals surface area contributed by atoms with Gasteiger partial charge in [-0.25, -0.2) is 9.97 Å². The van der Waals surface area contributed by atoms with Gasteiger partial charge in [0.1, 0.15) is 16.4 Å². The van der Waals surface area contributed by atoms with Gasteiger partial charge in [0.25, 0.3) is 0 Å². The van der Waals surface area contributed by atoms with Crippen LogP contribution in [0.3, 0.4) is 0 Å². The summed E-state index contributed by atoms with van der Waals surface area (Å²) in [5.74, 6) is 0. The van der Waals surface area contributed by atoms with Crippen molar-refractivity contribution < 1.29 is 0 Å². The van der Waals surface area contributed by atoms with E-state index in [2.05, 4.69) is 27.6 Å². The van der Waals surface area contributed by atoms with Crippen molar-refractivity contribution in [3.8, 4) is 11.4 Å². The topological polar surface area (TPSA) is 37.8 Å². The maximum absolute atomic E-state index is 4.52. The monoisotopic (exact) mass is 239 g/mol. The maximum atomic E-state index is 4.52. The van der Waals surface area contributed by atoms with Crippen LogP contribution in [-0.4, -0.2) is 16.5 Å². The first kappa shape index (κ1) is 10.7. The second kappa shape index (κ2) is 5.34. The van der Waals surface area contributed by atoms with Gasteiger partial charge < -0.3 is 5.32 Å². The fourth-order valence-corrected chi connectivity index (χ4v) is 2.52. The minimum absolute atomic E-state index is 0.864. The zero-order chi connectivity index (χ0) is 10.5. The van der Waals surface area contributed by atoms with Gasteiger partial charge in [-0.05, 0) is 13.0 Å². The number of hydrogen-bond donors (Lipinski definition) is 1. The number of nitrogens with one attached hydrogen (secondary N) is 1. The lowest BCUT2D eigenvalue weighted by Crippen LogP contribution is -2.13. The minimum Gasteiger partial charge on any atom is -0.310 e. The fraction of sp³-hybridized carbons (Fsp3) is 0.400. The zero-order valence-corrected chi connectivity index (χ0v) is 10.2. The Bertz CT molecular complexity index is 394. The lowest BCUT2D eigenvalue weighted by atomic mass is 10.4. The van der Waals surface area contributed by atoms with E-state index in [0.29, 0.717) is 0 Å². The Morgan fingerprint density at radius 2 is 2.27 bits per heavy atom. The molecular weight excluding hydrogens is 226 g/mol. The van der Waals surface area contributed by atoms with Crippen LogP contribution in [0.4, 0.5) is 0 Å². The second-order valence-corrected chi connectivity index (χ2v) is 4.84. The third-order valence-electron chi connectivity index (χ3n) is 1.95. The van der Waals surface area contributed by atoms with E-state index in [1.165, 1.54) is 0 Å². The van der Waals surface area contributed by atoms with Crippen molar-refractivity contribution >= 4 is 22.7 Å². The van der Waals surface area contributed by atoms with Gasteiger partial charge in [0.2, 0.25) is 0 Å². The first-order valence-corrected chi connectivity index (χ1v) is 6.76. The van der Waals surface area contributed by atoms with Crippen LogP contribution in [0.1, 0.15) is 18.4 Å². The number of rotatable bonds is 5. The van der Waals surface area contributed by atoms with Crippen LogP contribution in [0.2, 0.25) is 0 Å². The van der Waals surface area contributed by atoms with Crippen LogP contribution in [0, 0.1) is 0 Å². The minimum atomic E-state index is 0.864. The predicted octanol–water partition coefficient (Wildman–Crippen LogP) is 2.77. The average molecular weight is 239 g/mol. The SMILES string of the molecule is CCCNCc1nc(-c2cscn2)cs1. The number of nitrogens with zero attached hydrogens (tertiary/aromatic N) is 2. The molecule has 1 N–H and O–H groups in total. The van der Waals surface area contributed by atoms with E-state index >= 15 is 0 Å². The van der Waals surface area contributed by atoms with Crippen LogP contribution >= 0.6 is 22.7 Å². The summed E-state index contributed by atoms with van der Waals surface area (Å²) < 4.78 is 0. The van der Waals surface area contributed by atoms with Gasteiger partial charge in [0, 0.05) is 17.3 Å². The van der Waals surface area contributed by atoms with E-state index in [9.17, 15) is 0 Å². The standard InChI is InChI=1S/C10H13N3S2/c1-2-3-11-4-10-13-9(6-15-10)8-5-14-7-12-8/h5-7,11H,2-4H2,1H3. The molecule has 0 radical (unpaired) electrons. The summed E-state index contributed by atoms with van der Waals surface area (Å²) in [4.78, 5) is 8.76. The Balaban J connectivity index is 1.98. The summed E-state index contributed by atoms with van der Waals surface area (Å²) in [6, 6.07) is 0. The molecule has 2 aromatic heterocycles. The molecule has 0 amide bonds. The van der Waals surface area contributed by atoms with Crippen LogP contribution in [0.15, 0.2) is 16.3 Å². The second-order valence-electron chi connectivity index (χ2n) is 3.18. The van der Waals surface area contributed by atoms with E-state index in [-0.39, 0.29) is 0 Å². The molecule has 80 valence electrons. The van der Waals surface area contributed by atoms with Gasteiger partial charge in [0.15, 0.2) is 0 Å². The van der Waals surface area contributed by atoms with Gasteiger partial charge in [-0.2, -0.15) is 0 Å². The predicted molar refractivity (Wildman–Crippen MR) is 65.2 cm³/mol. The van der Waals surface area contributed by atoms with Crippen LogP contribution < -0.4 is 5.32 Å². The molecule has 0 fully saturated rings. The van der Waals surface area contributed by atoms with Crippen molar-refractivity contribution in [2.45, 2.75) is 19.9 Å². The molecule has 0 aliphatic rings. The molecule has 0 aliphatic heterocycles. The molecule has 0 unspecified atom stereocenters. The molecule has 0 spiro atoms. The first-order valence-electron chi connectivity index (χ1n) is 4.94. The highest BCUT2D eigenvalue weighted by Gasteiger charge is 2.05. The Morgan fingerprint density at radius 3 is 3.00 bits per heavy atom. The van der Waals surface area contributed by atoms with Gasteiger partial charge in [-0.15, -0.1) is 22.7 Å². The van der Waals surface area contributed by atoms with Gasteiger partial charge >= 0.3 is 0 Å². The molecule has 0 bridgehead atoms. The fourth-order valence-electron chi connectivity index (χ4n) is 1.22. The summed E-state index contributed by atoms with van der Waals surface area (Å²) in [6.07, 6.45) is 1.16. The van der Waals surface area contributed by atoms with Crippen molar-refractivity contribution in [2.75, 3.05) is 6.54 Å². The Kier molecular flexibility index (Phi) is 3.82. The highest BCUT2D eigenvalue weighted by molar-refractivity contribution is 7.10. The average Bonchev–Trinajstić information content (AvgIpc) is 2.87. The lowest BCUT2D eigenvalue weighted by molar-refractivity contribution is 0.673. The molecule has 0 saturated heterocycles. The van der Waals surface area contributed by atoms with Crippen molar-refractivity contribution in [1.82, 2.24) is 15.3 Å². The molecule has 2 heterocycles. The van der Waals surface area contributed by atoms with Crippen LogP contribution in [0.5, 0.6) is 0 Å². The molecule has 3 nitrogen and oxygen atoms in total. The van der Waals surface area contributed by atoms with E-state index in [1.54, 1.807) is 22.7 Å². The van der Waals surface area contributed by atoms with Crippen molar-refractivity contribution in [2.24, 2.45) is 0 Å². The summed E-state index contributed by atoms with van der Waals surface area (Å²) in [6.45, 7) is 4.07. The molecule has 2 rings (SSSR count). The summed E-state index contributed by atoms with van der Waals surface area (Å²) in [5, 5.41) is 8.56. The quantitative estimate of drug-likeness (QED) is 0.815. The lowest BCUT2D eigenvalue weighted by Gasteiger charge is -1.97. The van der Waals surface area contributed by atoms with E-state index < -0.39 is 0 Å². The van der Waals surface area contributed by atoms with Crippen molar-refractivity contribution in [1.29, 1.82) is 0 Å².